The highest BCUT2D eigenvalue weighted by atomic mass is 127. The minimum atomic E-state index is -0.565. The number of carbonyl (C=O) groups is 1. The molecule has 0 rings (SSSR count). The molecule has 0 spiro atoms. The standard InChI is InChI=1S/C6H9IO3/c1-2-6(9)10-4-5(8)3-7/h2,5,8H,1,3-4H2. The quantitative estimate of drug-likeness (QED) is 0.345. The summed E-state index contributed by atoms with van der Waals surface area (Å²) in [5.41, 5.74) is 0. The maximum Gasteiger partial charge on any atom is 0.330 e. The van der Waals surface area contributed by atoms with Gasteiger partial charge in [-0.15, -0.1) is 0 Å². The molecule has 0 saturated carbocycles. The minimum absolute atomic E-state index is 0.0494. The summed E-state index contributed by atoms with van der Waals surface area (Å²) in [5.74, 6) is -0.496. The Morgan fingerprint density at radius 2 is 2.50 bits per heavy atom. The van der Waals surface area contributed by atoms with Crippen molar-refractivity contribution in [1.82, 2.24) is 0 Å². The first-order valence-corrected chi connectivity index (χ1v) is 4.26. The molecule has 58 valence electrons. The molecule has 3 nitrogen and oxygen atoms in total. The van der Waals surface area contributed by atoms with Gasteiger partial charge < -0.3 is 9.84 Å². The number of ether oxygens (including phenoxy) is 1. The Hall–Kier alpha value is -0.100. The molecule has 0 aromatic carbocycles. The largest absolute Gasteiger partial charge is 0.460 e. The van der Waals surface area contributed by atoms with Gasteiger partial charge in [0.15, 0.2) is 0 Å². The third kappa shape index (κ3) is 4.75. The number of esters is 1. The lowest BCUT2D eigenvalue weighted by molar-refractivity contribution is -0.140. The van der Waals surface area contributed by atoms with Gasteiger partial charge in [-0.25, -0.2) is 4.79 Å². The van der Waals surface area contributed by atoms with E-state index in [0.29, 0.717) is 4.43 Å². The summed E-state index contributed by atoms with van der Waals surface area (Å²) < 4.78 is 5.09. The summed E-state index contributed by atoms with van der Waals surface area (Å²) in [6.45, 7) is 3.26. The van der Waals surface area contributed by atoms with Crippen LogP contribution in [0.2, 0.25) is 0 Å². The van der Waals surface area contributed by atoms with Gasteiger partial charge in [0.25, 0.3) is 0 Å². The Balaban J connectivity index is 3.34. The third-order valence-electron chi connectivity index (χ3n) is 0.763. The molecular weight excluding hydrogens is 247 g/mol. The van der Waals surface area contributed by atoms with Gasteiger partial charge in [0.2, 0.25) is 0 Å². The SMILES string of the molecule is C=CC(=O)OCC(O)CI. The highest BCUT2D eigenvalue weighted by Crippen LogP contribution is 1.92. The first-order valence-electron chi connectivity index (χ1n) is 2.74. The van der Waals surface area contributed by atoms with Crippen molar-refractivity contribution in [3.8, 4) is 0 Å². The molecule has 0 amide bonds. The zero-order chi connectivity index (χ0) is 7.98. The van der Waals surface area contributed by atoms with Crippen molar-refractivity contribution in [3.63, 3.8) is 0 Å². The van der Waals surface area contributed by atoms with Crippen LogP contribution in [0.3, 0.4) is 0 Å². The molecule has 0 bridgehead atoms. The molecule has 0 aliphatic carbocycles. The van der Waals surface area contributed by atoms with E-state index in [1.165, 1.54) is 0 Å². The van der Waals surface area contributed by atoms with Crippen molar-refractivity contribution < 1.29 is 14.6 Å². The van der Waals surface area contributed by atoms with Crippen LogP contribution in [0.25, 0.3) is 0 Å². The molecule has 0 aromatic rings. The fraction of sp³-hybridized carbons (Fsp3) is 0.500. The second-order valence-electron chi connectivity index (χ2n) is 1.64. The number of aliphatic hydroxyl groups excluding tert-OH is 1. The van der Waals surface area contributed by atoms with Crippen LogP contribution < -0.4 is 0 Å². The van der Waals surface area contributed by atoms with Gasteiger partial charge in [-0.2, -0.15) is 0 Å². The molecule has 10 heavy (non-hydrogen) atoms. The molecular formula is C6H9IO3. The lowest BCUT2D eigenvalue weighted by Crippen LogP contribution is -2.18. The molecule has 0 aliphatic rings. The summed E-state index contributed by atoms with van der Waals surface area (Å²) in [5, 5.41) is 8.88. The van der Waals surface area contributed by atoms with Crippen LogP contribution in [0.4, 0.5) is 0 Å². The van der Waals surface area contributed by atoms with Crippen molar-refractivity contribution in [3.05, 3.63) is 12.7 Å². The van der Waals surface area contributed by atoms with E-state index in [9.17, 15) is 4.79 Å². The molecule has 1 unspecified atom stereocenters. The number of hydrogen-bond acceptors (Lipinski definition) is 3. The summed E-state index contributed by atoms with van der Waals surface area (Å²) >= 11 is 2.01. The Morgan fingerprint density at radius 1 is 1.90 bits per heavy atom. The molecule has 0 fully saturated rings. The van der Waals surface area contributed by atoms with Gasteiger partial charge in [-0.3, -0.25) is 0 Å². The third-order valence-corrected chi connectivity index (χ3v) is 1.78. The monoisotopic (exact) mass is 256 g/mol. The number of alkyl halides is 1. The second kappa shape index (κ2) is 5.67. The second-order valence-corrected chi connectivity index (χ2v) is 2.52. The van der Waals surface area contributed by atoms with Gasteiger partial charge in [-0.1, -0.05) is 29.2 Å². The Morgan fingerprint density at radius 3 is 2.90 bits per heavy atom. The maximum atomic E-state index is 10.4. The summed E-state index contributed by atoms with van der Waals surface area (Å²) in [6, 6.07) is 0. The van der Waals surface area contributed by atoms with Crippen molar-refractivity contribution in [1.29, 1.82) is 0 Å². The molecule has 0 radical (unpaired) electrons. The van der Waals surface area contributed by atoms with E-state index in [1.807, 2.05) is 22.6 Å². The van der Waals surface area contributed by atoms with Crippen LogP contribution in [-0.4, -0.2) is 28.2 Å². The summed E-state index contributed by atoms with van der Waals surface area (Å²) in [4.78, 5) is 10.4. The fourth-order valence-electron chi connectivity index (χ4n) is 0.282. The van der Waals surface area contributed by atoms with Crippen molar-refractivity contribution in [2.75, 3.05) is 11.0 Å². The lowest BCUT2D eigenvalue weighted by Gasteiger charge is -2.05. The smallest absolute Gasteiger partial charge is 0.330 e. The van der Waals surface area contributed by atoms with E-state index in [0.717, 1.165) is 6.08 Å². The van der Waals surface area contributed by atoms with Gasteiger partial charge in [0, 0.05) is 10.5 Å². The number of carbonyl (C=O) groups excluding carboxylic acids is 1. The predicted molar refractivity (Wildman–Crippen MR) is 46.0 cm³/mol. The lowest BCUT2D eigenvalue weighted by atomic mass is 10.4. The fourth-order valence-corrected chi connectivity index (χ4v) is 0.536. The zero-order valence-electron chi connectivity index (χ0n) is 5.42. The summed E-state index contributed by atoms with van der Waals surface area (Å²) in [7, 11) is 0. The Bertz CT molecular complexity index is 124. The van der Waals surface area contributed by atoms with Crippen molar-refractivity contribution in [2.24, 2.45) is 0 Å². The van der Waals surface area contributed by atoms with E-state index in [2.05, 4.69) is 11.3 Å². The zero-order valence-corrected chi connectivity index (χ0v) is 7.58. The van der Waals surface area contributed by atoms with Gasteiger partial charge in [0.05, 0.1) is 6.10 Å². The average Bonchev–Trinajstić information content (AvgIpc) is 1.99. The maximum absolute atomic E-state index is 10.4. The molecule has 0 saturated heterocycles. The first-order chi connectivity index (χ1) is 4.70. The molecule has 1 N–H and O–H groups in total. The average molecular weight is 256 g/mol. The molecule has 4 heteroatoms. The van der Waals surface area contributed by atoms with Crippen LogP contribution >= 0.6 is 22.6 Å². The predicted octanol–water partition coefficient (Wildman–Crippen LogP) is 0.512. The van der Waals surface area contributed by atoms with Crippen molar-refractivity contribution >= 4 is 28.6 Å². The van der Waals surface area contributed by atoms with Crippen LogP contribution in [0.5, 0.6) is 0 Å². The number of aliphatic hydroxyl groups is 1. The van der Waals surface area contributed by atoms with E-state index in [1.54, 1.807) is 0 Å². The number of rotatable bonds is 4. The molecule has 0 aromatic heterocycles. The highest BCUT2D eigenvalue weighted by Gasteiger charge is 2.03. The Kier molecular flexibility index (Phi) is 5.61. The van der Waals surface area contributed by atoms with Crippen LogP contribution in [0.15, 0.2) is 12.7 Å². The van der Waals surface area contributed by atoms with E-state index >= 15 is 0 Å². The minimum Gasteiger partial charge on any atom is -0.460 e. The van der Waals surface area contributed by atoms with E-state index in [4.69, 9.17) is 5.11 Å². The van der Waals surface area contributed by atoms with Crippen LogP contribution in [0, 0.1) is 0 Å². The van der Waals surface area contributed by atoms with Crippen LogP contribution in [0.1, 0.15) is 0 Å². The van der Waals surface area contributed by atoms with Crippen molar-refractivity contribution in [2.45, 2.75) is 6.10 Å². The number of halogens is 1. The van der Waals surface area contributed by atoms with Gasteiger partial charge >= 0.3 is 5.97 Å². The normalized spacial score (nSPS) is 12.2. The highest BCUT2D eigenvalue weighted by molar-refractivity contribution is 14.1. The van der Waals surface area contributed by atoms with Crippen LogP contribution in [-0.2, 0) is 9.53 Å². The first kappa shape index (κ1) is 9.90. The molecule has 1 atom stereocenters. The number of hydrogen-bond donors (Lipinski definition) is 1. The van der Waals surface area contributed by atoms with Gasteiger partial charge in [0.1, 0.15) is 6.61 Å². The summed E-state index contributed by atoms with van der Waals surface area (Å²) in [6.07, 6.45) is 0.504. The van der Waals surface area contributed by atoms with E-state index < -0.39 is 12.1 Å². The van der Waals surface area contributed by atoms with Gasteiger partial charge in [-0.05, 0) is 0 Å². The molecule has 0 heterocycles. The topological polar surface area (TPSA) is 46.5 Å². The van der Waals surface area contributed by atoms with E-state index in [-0.39, 0.29) is 6.61 Å². The Labute approximate surface area is 73.2 Å². The molecule has 0 aliphatic heterocycles.